The van der Waals surface area contributed by atoms with Gasteiger partial charge >= 0.3 is 0 Å². The van der Waals surface area contributed by atoms with Gasteiger partial charge in [0.15, 0.2) is 11.6 Å². The Morgan fingerprint density at radius 1 is 1.19 bits per heavy atom. The summed E-state index contributed by atoms with van der Waals surface area (Å²) in [7, 11) is 0. The second kappa shape index (κ2) is 8.67. The smallest absolute Gasteiger partial charge is 0.191 e. The fraction of sp³-hybridized carbons (Fsp3) is 0.316. The number of nitrogens with zero attached hydrogens (tertiary/aromatic N) is 4. The first kappa shape index (κ1) is 18.2. The summed E-state index contributed by atoms with van der Waals surface area (Å²) in [6, 6.07) is 13.8. The first-order valence-electron chi connectivity index (χ1n) is 8.77. The van der Waals surface area contributed by atoms with Gasteiger partial charge < -0.3 is 10.6 Å². The van der Waals surface area contributed by atoms with Gasteiger partial charge in [0.25, 0.3) is 0 Å². The molecular formula is C19H23ClN6. The zero-order chi connectivity index (χ0) is 18.4. The van der Waals surface area contributed by atoms with Crippen molar-refractivity contribution in [3.63, 3.8) is 0 Å². The van der Waals surface area contributed by atoms with E-state index in [4.69, 9.17) is 11.6 Å². The summed E-state index contributed by atoms with van der Waals surface area (Å²) in [5.74, 6) is 1.66. The highest BCUT2D eigenvalue weighted by Crippen LogP contribution is 2.21. The Hall–Kier alpha value is -2.60. The van der Waals surface area contributed by atoms with Crippen molar-refractivity contribution in [2.24, 2.45) is 4.99 Å². The number of pyridine rings is 1. The van der Waals surface area contributed by atoms with Crippen molar-refractivity contribution in [2.75, 3.05) is 13.1 Å². The maximum atomic E-state index is 6.29. The summed E-state index contributed by atoms with van der Waals surface area (Å²) in [6.07, 6.45) is 2.68. The molecule has 0 saturated heterocycles. The molecule has 0 aliphatic rings. The molecule has 0 bridgehead atoms. The molecule has 0 saturated carbocycles. The summed E-state index contributed by atoms with van der Waals surface area (Å²) in [6.45, 7) is 5.51. The molecule has 0 spiro atoms. The average molecular weight is 371 g/mol. The van der Waals surface area contributed by atoms with Crippen LogP contribution in [-0.4, -0.2) is 33.6 Å². The Morgan fingerprint density at radius 3 is 2.81 bits per heavy atom. The molecule has 0 aliphatic heterocycles. The minimum atomic E-state index is 0.0513. The third-order valence-corrected chi connectivity index (χ3v) is 4.40. The van der Waals surface area contributed by atoms with E-state index in [2.05, 4.69) is 32.7 Å². The number of fused-ring (bicyclic) bond motifs is 1. The number of benzene rings is 1. The quantitative estimate of drug-likeness (QED) is 0.516. The summed E-state index contributed by atoms with van der Waals surface area (Å²) in [4.78, 5) is 4.66. The molecule has 0 fully saturated rings. The van der Waals surface area contributed by atoms with Crippen LogP contribution in [0.25, 0.3) is 5.65 Å². The highest BCUT2D eigenvalue weighted by molar-refractivity contribution is 6.31. The lowest BCUT2D eigenvalue weighted by Gasteiger charge is -2.19. The molecule has 7 heteroatoms. The SMILES string of the molecule is CCNC(=NCCc1nnc2ccccn12)NC(C)c1ccccc1Cl. The molecule has 2 N–H and O–H groups in total. The molecule has 0 aliphatic carbocycles. The van der Waals surface area contributed by atoms with Crippen LogP contribution in [-0.2, 0) is 6.42 Å². The predicted octanol–water partition coefficient (Wildman–Crippen LogP) is 3.24. The molecule has 1 unspecified atom stereocenters. The largest absolute Gasteiger partial charge is 0.357 e. The van der Waals surface area contributed by atoms with E-state index in [9.17, 15) is 0 Å². The van der Waals surface area contributed by atoms with Crippen molar-refractivity contribution >= 4 is 23.2 Å². The highest BCUT2D eigenvalue weighted by Gasteiger charge is 2.11. The molecule has 2 aromatic heterocycles. The number of guanidine groups is 1. The monoisotopic (exact) mass is 370 g/mol. The predicted molar refractivity (Wildman–Crippen MR) is 106 cm³/mol. The van der Waals surface area contributed by atoms with Crippen molar-refractivity contribution in [1.29, 1.82) is 0 Å². The zero-order valence-corrected chi connectivity index (χ0v) is 15.7. The second-order valence-electron chi connectivity index (χ2n) is 5.94. The number of aromatic nitrogens is 3. The molecule has 3 aromatic rings. The van der Waals surface area contributed by atoms with Gasteiger partial charge in [0, 0.05) is 30.7 Å². The standard InChI is InChI=1S/C19H23ClN6/c1-3-21-19(23-14(2)15-8-4-5-9-16(15)20)22-12-11-18-25-24-17-10-6-7-13-26(17)18/h4-10,13-14H,3,11-12H2,1-2H3,(H2,21,22,23). The van der Waals surface area contributed by atoms with E-state index in [-0.39, 0.29) is 6.04 Å². The summed E-state index contributed by atoms with van der Waals surface area (Å²) < 4.78 is 1.99. The number of rotatable bonds is 6. The Bertz CT molecular complexity index is 888. The van der Waals surface area contributed by atoms with Gasteiger partial charge in [0.1, 0.15) is 5.82 Å². The molecule has 26 heavy (non-hydrogen) atoms. The minimum Gasteiger partial charge on any atom is -0.357 e. The van der Waals surface area contributed by atoms with Crippen LogP contribution in [0.3, 0.4) is 0 Å². The molecule has 0 radical (unpaired) electrons. The Morgan fingerprint density at radius 2 is 2.00 bits per heavy atom. The van der Waals surface area contributed by atoms with Crippen LogP contribution >= 0.6 is 11.6 Å². The van der Waals surface area contributed by atoms with Crippen molar-refractivity contribution < 1.29 is 0 Å². The molecule has 0 amide bonds. The van der Waals surface area contributed by atoms with Crippen LogP contribution in [0.4, 0.5) is 0 Å². The number of hydrogen-bond acceptors (Lipinski definition) is 3. The van der Waals surface area contributed by atoms with E-state index in [1.54, 1.807) is 0 Å². The van der Waals surface area contributed by atoms with E-state index < -0.39 is 0 Å². The fourth-order valence-electron chi connectivity index (χ4n) is 2.76. The Labute approximate surface area is 158 Å². The van der Waals surface area contributed by atoms with E-state index in [0.29, 0.717) is 13.0 Å². The van der Waals surface area contributed by atoms with Crippen molar-refractivity contribution in [3.05, 3.63) is 65.1 Å². The first-order valence-corrected chi connectivity index (χ1v) is 9.14. The van der Waals surface area contributed by atoms with Crippen molar-refractivity contribution in [2.45, 2.75) is 26.3 Å². The normalized spacial score (nSPS) is 13.0. The van der Waals surface area contributed by atoms with Gasteiger partial charge in [-0.25, -0.2) is 0 Å². The van der Waals surface area contributed by atoms with Crippen LogP contribution in [0.5, 0.6) is 0 Å². The van der Waals surface area contributed by atoms with Crippen LogP contribution < -0.4 is 10.6 Å². The van der Waals surface area contributed by atoms with Gasteiger partial charge in [0.05, 0.1) is 6.04 Å². The molecule has 3 rings (SSSR count). The topological polar surface area (TPSA) is 66.6 Å². The molecular weight excluding hydrogens is 348 g/mol. The van der Waals surface area contributed by atoms with Crippen LogP contribution in [0.2, 0.25) is 5.02 Å². The third kappa shape index (κ3) is 4.32. The zero-order valence-electron chi connectivity index (χ0n) is 15.0. The van der Waals surface area contributed by atoms with E-state index in [0.717, 1.165) is 34.6 Å². The van der Waals surface area contributed by atoms with Gasteiger partial charge in [-0.2, -0.15) is 0 Å². The molecule has 6 nitrogen and oxygen atoms in total. The fourth-order valence-corrected chi connectivity index (χ4v) is 3.06. The van der Waals surface area contributed by atoms with E-state index in [1.165, 1.54) is 0 Å². The lowest BCUT2D eigenvalue weighted by atomic mass is 10.1. The highest BCUT2D eigenvalue weighted by atomic mass is 35.5. The Kier molecular flexibility index (Phi) is 6.07. The van der Waals surface area contributed by atoms with Crippen LogP contribution in [0.1, 0.15) is 31.3 Å². The van der Waals surface area contributed by atoms with Gasteiger partial charge in [-0.05, 0) is 37.6 Å². The van der Waals surface area contributed by atoms with Gasteiger partial charge in [-0.3, -0.25) is 9.39 Å². The van der Waals surface area contributed by atoms with Crippen molar-refractivity contribution in [3.8, 4) is 0 Å². The maximum absolute atomic E-state index is 6.29. The van der Waals surface area contributed by atoms with Crippen molar-refractivity contribution in [1.82, 2.24) is 25.2 Å². The number of aliphatic imine (C=N–C) groups is 1. The van der Waals surface area contributed by atoms with E-state index in [1.807, 2.05) is 60.0 Å². The number of halogens is 1. The molecule has 1 aromatic carbocycles. The summed E-state index contributed by atoms with van der Waals surface area (Å²) >= 11 is 6.29. The number of hydrogen-bond donors (Lipinski definition) is 2. The average Bonchev–Trinajstić information content (AvgIpc) is 3.05. The van der Waals surface area contributed by atoms with Gasteiger partial charge in [0.2, 0.25) is 0 Å². The maximum Gasteiger partial charge on any atom is 0.191 e. The van der Waals surface area contributed by atoms with Gasteiger partial charge in [-0.15, -0.1) is 10.2 Å². The second-order valence-corrected chi connectivity index (χ2v) is 6.35. The lowest BCUT2D eigenvalue weighted by Crippen LogP contribution is -2.39. The Balaban J connectivity index is 1.66. The number of nitrogens with one attached hydrogen (secondary N) is 2. The molecule has 2 heterocycles. The molecule has 136 valence electrons. The first-order chi connectivity index (χ1) is 12.7. The summed E-state index contributed by atoms with van der Waals surface area (Å²) in [5, 5.41) is 15.8. The van der Waals surface area contributed by atoms with Crippen LogP contribution in [0, 0.1) is 0 Å². The third-order valence-electron chi connectivity index (χ3n) is 4.06. The summed E-state index contributed by atoms with van der Waals surface area (Å²) in [5.41, 5.74) is 1.90. The van der Waals surface area contributed by atoms with E-state index >= 15 is 0 Å². The molecule has 1 atom stereocenters. The van der Waals surface area contributed by atoms with Crippen LogP contribution in [0.15, 0.2) is 53.7 Å². The minimum absolute atomic E-state index is 0.0513. The lowest BCUT2D eigenvalue weighted by molar-refractivity contribution is 0.685. The van der Waals surface area contributed by atoms with Gasteiger partial charge in [-0.1, -0.05) is 35.9 Å².